The third-order valence-corrected chi connectivity index (χ3v) is 4.74. The van der Waals surface area contributed by atoms with Gasteiger partial charge in [0.05, 0.1) is 12.4 Å². The van der Waals surface area contributed by atoms with Crippen molar-refractivity contribution in [2.45, 2.75) is 30.7 Å². The molecule has 1 heterocycles. The van der Waals surface area contributed by atoms with Crippen LogP contribution in [0.2, 0.25) is 0 Å². The Labute approximate surface area is 143 Å². The lowest BCUT2D eigenvalue weighted by Gasteiger charge is -2.31. The lowest BCUT2D eigenvalue weighted by atomic mass is 10.1. The Hall–Kier alpha value is -0.910. The number of nitrogens with zero attached hydrogens (tertiary/aromatic N) is 1. The zero-order valence-electron chi connectivity index (χ0n) is 13.2. The Morgan fingerprint density at radius 3 is 2.55 bits per heavy atom. The molecule has 1 fully saturated rings. The van der Waals surface area contributed by atoms with Gasteiger partial charge in [-0.05, 0) is 57.1 Å². The Kier molecular flexibility index (Phi) is 8.68. The van der Waals surface area contributed by atoms with Crippen molar-refractivity contribution in [3.8, 4) is 5.75 Å². The molecular formula is C16H25ClN2O2S. The molecule has 0 spiro atoms. The van der Waals surface area contributed by atoms with Crippen molar-refractivity contribution in [1.82, 2.24) is 10.2 Å². The molecule has 4 nitrogen and oxygen atoms in total. The number of benzene rings is 1. The fraction of sp³-hybridized carbons (Fsp3) is 0.562. The number of halogens is 1. The molecule has 1 aromatic rings. The van der Waals surface area contributed by atoms with Crippen molar-refractivity contribution >= 4 is 30.1 Å². The predicted octanol–water partition coefficient (Wildman–Crippen LogP) is 2.81. The van der Waals surface area contributed by atoms with Crippen LogP contribution in [-0.4, -0.2) is 49.3 Å². The Balaban J connectivity index is 0.00000242. The van der Waals surface area contributed by atoms with Crippen LogP contribution < -0.4 is 10.1 Å². The molecule has 22 heavy (non-hydrogen) atoms. The summed E-state index contributed by atoms with van der Waals surface area (Å²) < 4.78 is 5.41. The molecule has 1 aliphatic heterocycles. The van der Waals surface area contributed by atoms with Gasteiger partial charge in [-0.2, -0.15) is 0 Å². The van der Waals surface area contributed by atoms with Gasteiger partial charge in [0.1, 0.15) is 5.75 Å². The molecule has 0 radical (unpaired) electrons. The first kappa shape index (κ1) is 19.1. The Bertz CT molecular complexity index is 450. The van der Waals surface area contributed by atoms with Gasteiger partial charge in [0, 0.05) is 18.0 Å². The van der Waals surface area contributed by atoms with E-state index in [0.29, 0.717) is 18.4 Å². The number of carbonyl (C=O) groups excluding carboxylic acids is 1. The Morgan fingerprint density at radius 2 is 1.95 bits per heavy atom. The van der Waals surface area contributed by atoms with E-state index in [1.807, 2.05) is 43.1 Å². The van der Waals surface area contributed by atoms with E-state index in [0.717, 1.165) is 36.6 Å². The maximum Gasteiger partial charge on any atom is 0.232 e. The van der Waals surface area contributed by atoms with Crippen molar-refractivity contribution in [2.75, 3.05) is 32.5 Å². The highest BCUT2D eigenvalue weighted by Gasteiger charge is 2.21. The van der Waals surface area contributed by atoms with Gasteiger partial charge in [-0.1, -0.05) is 0 Å². The summed E-state index contributed by atoms with van der Waals surface area (Å²) in [5.74, 6) is 1.58. The van der Waals surface area contributed by atoms with E-state index in [1.165, 1.54) is 0 Å². The third kappa shape index (κ3) is 5.71. The maximum atomic E-state index is 12.2. The molecule has 0 aromatic heterocycles. The molecule has 1 aliphatic rings. The summed E-state index contributed by atoms with van der Waals surface area (Å²) in [6.07, 6.45) is 2.10. The average molecular weight is 345 g/mol. The largest absolute Gasteiger partial charge is 0.494 e. The number of amides is 1. The number of piperidine rings is 1. The van der Waals surface area contributed by atoms with Gasteiger partial charge in [-0.15, -0.1) is 24.2 Å². The average Bonchev–Trinajstić information content (AvgIpc) is 2.54. The highest BCUT2D eigenvalue weighted by Crippen LogP contribution is 2.22. The predicted molar refractivity (Wildman–Crippen MR) is 94.2 cm³/mol. The summed E-state index contributed by atoms with van der Waals surface area (Å²) in [6.45, 7) is 4.66. The second-order valence-electron chi connectivity index (χ2n) is 5.18. The molecule has 1 aromatic carbocycles. The number of nitrogens with one attached hydrogen (secondary N) is 1. The second-order valence-corrected chi connectivity index (χ2v) is 6.23. The molecule has 1 saturated heterocycles. The maximum absolute atomic E-state index is 12.2. The molecule has 0 atom stereocenters. The van der Waals surface area contributed by atoms with Crippen LogP contribution in [0.4, 0.5) is 0 Å². The minimum absolute atomic E-state index is 0. The van der Waals surface area contributed by atoms with Gasteiger partial charge in [-0.3, -0.25) is 4.79 Å². The molecule has 124 valence electrons. The van der Waals surface area contributed by atoms with Crippen molar-refractivity contribution < 1.29 is 9.53 Å². The zero-order valence-corrected chi connectivity index (χ0v) is 14.8. The first-order valence-corrected chi connectivity index (χ1v) is 8.51. The van der Waals surface area contributed by atoms with Crippen LogP contribution in [0.25, 0.3) is 0 Å². The number of hydrogen-bond acceptors (Lipinski definition) is 4. The van der Waals surface area contributed by atoms with Crippen molar-refractivity contribution in [2.24, 2.45) is 0 Å². The minimum Gasteiger partial charge on any atom is -0.494 e. The summed E-state index contributed by atoms with van der Waals surface area (Å²) in [5, 5.41) is 3.33. The van der Waals surface area contributed by atoms with Crippen LogP contribution in [0.3, 0.4) is 0 Å². The molecule has 0 unspecified atom stereocenters. The summed E-state index contributed by atoms with van der Waals surface area (Å²) in [4.78, 5) is 15.3. The quantitative estimate of drug-likeness (QED) is 0.806. The van der Waals surface area contributed by atoms with E-state index in [4.69, 9.17) is 4.74 Å². The van der Waals surface area contributed by atoms with Gasteiger partial charge >= 0.3 is 0 Å². The fourth-order valence-corrected chi connectivity index (χ4v) is 3.27. The third-order valence-electron chi connectivity index (χ3n) is 3.75. The van der Waals surface area contributed by atoms with Gasteiger partial charge in [0.25, 0.3) is 0 Å². The first-order valence-electron chi connectivity index (χ1n) is 7.52. The van der Waals surface area contributed by atoms with Gasteiger partial charge < -0.3 is 15.0 Å². The smallest absolute Gasteiger partial charge is 0.232 e. The monoisotopic (exact) mass is 344 g/mol. The topological polar surface area (TPSA) is 41.6 Å². The molecular weight excluding hydrogens is 320 g/mol. The van der Waals surface area contributed by atoms with E-state index >= 15 is 0 Å². The molecule has 1 N–H and O–H groups in total. The molecule has 1 amide bonds. The zero-order chi connectivity index (χ0) is 15.1. The molecule has 0 aliphatic carbocycles. The highest BCUT2D eigenvalue weighted by atomic mass is 35.5. The first-order chi connectivity index (χ1) is 10.2. The van der Waals surface area contributed by atoms with Crippen molar-refractivity contribution in [3.63, 3.8) is 0 Å². The van der Waals surface area contributed by atoms with Crippen LogP contribution in [0, 0.1) is 0 Å². The Morgan fingerprint density at radius 1 is 1.32 bits per heavy atom. The number of carbonyl (C=O) groups is 1. The van der Waals surface area contributed by atoms with Crippen LogP contribution in [0.15, 0.2) is 29.2 Å². The van der Waals surface area contributed by atoms with Crippen LogP contribution in [0.5, 0.6) is 5.75 Å². The number of ether oxygens (including phenoxy) is 1. The van der Waals surface area contributed by atoms with Gasteiger partial charge in [0.2, 0.25) is 5.91 Å². The summed E-state index contributed by atoms with van der Waals surface area (Å²) in [6, 6.07) is 8.31. The van der Waals surface area contributed by atoms with Gasteiger partial charge in [0.15, 0.2) is 0 Å². The van der Waals surface area contributed by atoms with E-state index in [-0.39, 0.29) is 18.3 Å². The number of hydrogen-bond donors (Lipinski definition) is 1. The van der Waals surface area contributed by atoms with Crippen LogP contribution >= 0.6 is 24.2 Å². The van der Waals surface area contributed by atoms with Crippen molar-refractivity contribution in [1.29, 1.82) is 0 Å². The number of thioether (sulfide) groups is 1. The van der Waals surface area contributed by atoms with Crippen LogP contribution in [0.1, 0.15) is 19.8 Å². The standard InChI is InChI=1S/C16H24N2O2S.ClH/c1-3-20-14-4-6-15(7-5-14)21-12-16(19)18(2)13-8-10-17-11-9-13;/h4-7,13,17H,3,8-12H2,1-2H3;1H. The van der Waals surface area contributed by atoms with E-state index in [1.54, 1.807) is 11.8 Å². The van der Waals surface area contributed by atoms with Gasteiger partial charge in [-0.25, -0.2) is 0 Å². The van der Waals surface area contributed by atoms with E-state index < -0.39 is 0 Å². The minimum atomic E-state index is 0. The summed E-state index contributed by atoms with van der Waals surface area (Å²) in [5.41, 5.74) is 0. The molecule has 2 rings (SSSR count). The second kappa shape index (κ2) is 9.98. The normalized spacial score (nSPS) is 15.0. The SMILES string of the molecule is CCOc1ccc(SCC(=O)N(C)C2CCNCC2)cc1.Cl. The number of rotatable bonds is 6. The van der Waals surface area contributed by atoms with Crippen LogP contribution in [-0.2, 0) is 4.79 Å². The molecule has 6 heteroatoms. The summed E-state index contributed by atoms with van der Waals surface area (Å²) in [7, 11) is 1.93. The van der Waals surface area contributed by atoms with Crippen molar-refractivity contribution in [3.05, 3.63) is 24.3 Å². The molecule has 0 saturated carbocycles. The van der Waals surface area contributed by atoms with E-state index in [2.05, 4.69) is 5.32 Å². The lowest BCUT2D eigenvalue weighted by molar-refractivity contribution is -0.129. The lowest BCUT2D eigenvalue weighted by Crippen LogP contribution is -2.44. The van der Waals surface area contributed by atoms with E-state index in [9.17, 15) is 4.79 Å². The fourth-order valence-electron chi connectivity index (χ4n) is 2.44. The summed E-state index contributed by atoms with van der Waals surface area (Å²) >= 11 is 1.59. The highest BCUT2D eigenvalue weighted by molar-refractivity contribution is 8.00. The molecule has 0 bridgehead atoms.